The van der Waals surface area contributed by atoms with Gasteiger partial charge in [-0.15, -0.1) is 0 Å². The molecular formula is C12H15FN2O. The minimum atomic E-state index is -0.430. The second-order valence-corrected chi connectivity index (χ2v) is 4.02. The largest absolute Gasteiger partial charge is 0.394 e. The number of hydrogen-bond donors (Lipinski definition) is 2. The Hall–Kier alpha value is -1.39. The van der Waals surface area contributed by atoms with E-state index in [0.29, 0.717) is 0 Å². The Bertz CT molecular complexity index is 533. The molecule has 0 bridgehead atoms. The minimum Gasteiger partial charge on any atom is -0.394 e. The fourth-order valence-corrected chi connectivity index (χ4v) is 2.23. The molecule has 1 aromatic heterocycles. The Morgan fingerprint density at radius 1 is 1.50 bits per heavy atom. The molecule has 1 heterocycles. The van der Waals surface area contributed by atoms with Crippen molar-refractivity contribution >= 4 is 10.9 Å². The molecule has 0 spiro atoms. The van der Waals surface area contributed by atoms with Gasteiger partial charge in [-0.2, -0.15) is 0 Å². The molecule has 0 aliphatic heterocycles. The van der Waals surface area contributed by atoms with Gasteiger partial charge in [0.2, 0.25) is 0 Å². The van der Waals surface area contributed by atoms with Crippen molar-refractivity contribution < 1.29 is 9.50 Å². The first-order chi connectivity index (χ1) is 7.56. The van der Waals surface area contributed by atoms with Gasteiger partial charge in [0.1, 0.15) is 5.82 Å². The third-order valence-electron chi connectivity index (χ3n) is 3.02. The highest BCUT2D eigenvalue weighted by molar-refractivity contribution is 5.85. The summed E-state index contributed by atoms with van der Waals surface area (Å²) in [5.41, 5.74) is 8.54. The molecule has 2 rings (SSSR count). The quantitative estimate of drug-likeness (QED) is 0.811. The number of benzene rings is 1. The Kier molecular flexibility index (Phi) is 2.69. The highest BCUT2D eigenvalue weighted by atomic mass is 19.1. The van der Waals surface area contributed by atoms with E-state index in [9.17, 15) is 4.39 Å². The standard InChI is InChI=1S/C12H15FN2O/c1-7-9-5-8(13)3-4-11(9)15(2)12(7)10(14)6-16/h3-5,10,16H,6,14H2,1-2H3. The van der Waals surface area contributed by atoms with Gasteiger partial charge in [0.05, 0.1) is 12.6 Å². The van der Waals surface area contributed by atoms with Crippen molar-refractivity contribution in [2.75, 3.05) is 6.61 Å². The number of fused-ring (bicyclic) bond motifs is 1. The molecule has 86 valence electrons. The van der Waals surface area contributed by atoms with Gasteiger partial charge in [0.15, 0.2) is 0 Å². The fraction of sp³-hybridized carbons (Fsp3) is 0.333. The summed E-state index contributed by atoms with van der Waals surface area (Å²) in [7, 11) is 1.87. The Morgan fingerprint density at radius 3 is 2.81 bits per heavy atom. The summed E-state index contributed by atoms with van der Waals surface area (Å²) in [6, 6.07) is 4.22. The maximum absolute atomic E-state index is 13.2. The minimum absolute atomic E-state index is 0.118. The van der Waals surface area contributed by atoms with E-state index >= 15 is 0 Å². The Balaban J connectivity index is 2.76. The normalized spacial score (nSPS) is 13.3. The molecule has 1 unspecified atom stereocenters. The molecule has 0 amide bonds. The van der Waals surface area contributed by atoms with Crippen LogP contribution in [0.4, 0.5) is 4.39 Å². The van der Waals surface area contributed by atoms with Crippen LogP contribution in [0.15, 0.2) is 18.2 Å². The van der Waals surface area contributed by atoms with E-state index in [4.69, 9.17) is 10.8 Å². The predicted octanol–water partition coefficient (Wildman–Crippen LogP) is 1.62. The molecule has 4 heteroatoms. The summed E-state index contributed by atoms with van der Waals surface area (Å²) in [6.07, 6.45) is 0. The highest BCUT2D eigenvalue weighted by Gasteiger charge is 2.17. The summed E-state index contributed by atoms with van der Waals surface area (Å²) in [5, 5.41) is 9.95. The van der Waals surface area contributed by atoms with Crippen LogP contribution in [0.1, 0.15) is 17.3 Å². The monoisotopic (exact) mass is 222 g/mol. The van der Waals surface area contributed by atoms with E-state index in [2.05, 4.69) is 0 Å². The van der Waals surface area contributed by atoms with Crippen molar-refractivity contribution in [3.63, 3.8) is 0 Å². The molecule has 0 aliphatic rings. The lowest BCUT2D eigenvalue weighted by Gasteiger charge is -2.11. The third-order valence-corrected chi connectivity index (χ3v) is 3.02. The first-order valence-corrected chi connectivity index (χ1v) is 5.17. The predicted molar refractivity (Wildman–Crippen MR) is 61.6 cm³/mol. The van der Waals surface area contributed by atoms with Crippen molar-refractivity contribution in [3.05, 3.63) is 35.3 Å². The zero-order chi connectivity index (χ0) is 11.9. The Labute approximate surface area is 93.3 Å². The number of aryl methyl sites for hydroxylation is 2. The van der Waals surface area contributed by atoms with Crippen molar-refractivity contribution in [2.45, 2.75) is 13.0 Å². The molecule has 2 aromatic rings. The lowest BCUT2D eigenvalue weighted by atomic mass is 10.1. The molecule has 1 atom stereocenters. The topological polar surface area (TPSA) is 51.2 Å². The number of aliphatic hydroxyl groups is 1. The molecule has 3 nitrogen and oxygen atoms in total. The van der Waals surface area contributed by atoms with Crippen LogP contribution in [0.3, 0.4) is 0 Å². The van der Waals surface area contributed by atoms with Gasteiger partial charge in [0.25, 0.3) is 0 Å². The lowest BCUT2D eigenvalue weighted by molar-refractivity contribution is 0.264. The van der Waals surface area contributed by atoms with Crippen molar-refractivity contribution in [2.24, 2.45) is 12.8 Å². The van der Waals surface area contributed by atoms with Crippen molar-refractivity contribution in [3.8, 4) is 0 Å². The molecular weight excluding hydrogens is 207 g/mol. The van der Waals surface area contributed by atoms with E-state index in [1.54, 1.807) is 6.07 Å². The first kappa shape index (κ1) is 11.1. The van der Waals surface area contributed by atoms with Crippen LogP contribution in [-0.2, 0) is 7.05 Å². The van der Waals surface area contributed by atoms with Gasteiger partial charge >= 0.3 is 0 Å². The smallest absolute Gasteiger partial charge is 0.123 e. The van der Waals surface area contributed by atoms with E-state index in [1.165, 1.54) is 12.1 Å². The molecule has 0 saturated heterocycles. The van der Waals surface area contributed by atoms with E-state index in [0.717, 1.165) is 22.2 Å². The summed E-state index contributed by atoms with van der Waals surface area (Å²) < 4.78 is 15.1. The summed E-state index contributed by atoms with van der Waals surface area (Å²) >= 11 is 0. The number of nitrogens with zero attached hydrogens (tertiary/aromatic N) is 1. The van der Waals surface area contributed by atoms with E-state index in [-0.39, 0.29) is 12.4 Å². The third kappa shape index (κ3) is 1.50. The first-order valence-electron chi connectivity index (χ1n) is 5.17. The van der Waals surface area contributed by atoms with Gasteiger partial charge < -0.3 is 15.4 Å². The van der Waals surface area contributed by atoms with Gasteiger partial charge in [-0.3, -0.25) is 0 Å². The van der Waals surface area contributed by atoms with Gasteiger partial charge in [-0.05, 0) is 30.7 Å². The van der Waals surface area contributed by atoms with Crippen LogP contribution in [0.25, 0.3) is 10.9 Å². The van der Waals surface area contributed by atoms with Crippen LogP contribution in [-0.4, -0.2) is 16.3 Å². The lowest BCUT2D eigenvalue weighted by Crippen LogP contribution is -2.18. The maximum atomic E-state index is 13.2. The maximum Gasteiger partial charge on any atom is 0.123 e. The molecule has 1 aromatic carbocycles. The molecule has 0 radical (unpaired) electrons. The summed E-state index contributed by atoms with van der Waals surface area (Å²) in [6.45, 7) is 1.78. The molecule has 0 aliphatic carbocycles. The van der Waals surface area contributed by atoms with Crippen LogP contribution in [0.5, 0.6) is 0 Å². The van der Waals surface area contributed by atoms with Crippen LogP contribution in [0.2, 0.25) is 0 Å². The van der Waals surface area contributed by atoms with Gasteiger partial charge in [-0.25, -0.2) is 4.39 Å². The number of nitrogens with two attached hydrogens (primary N) is 1. The molecule has 0 saturated carbocycles. The summed E-state index contributed by atoms with van der Waals surface area (Å²) in [4.78, 5) is 0. The number of aliphatic hydroxyl groups excluding tert-OH is 1. The Morgan fingerprint density at radius 2 is 2.19 bits per heavy atom. The van der Waals surface area contributed by atoms with E-state index in [1.807, 2.05) is 18.5 Å². The molecule has 16 heavy (non-hydrogen) atoms. The SMILES string of the molecule is Cc1c(C(N)CO)n(C)c2ccc(F)cc12. The number of hydrogen-bond acceptors (Lipinski definition) is 2. The van der Waals surface area contributed by atoms with Gasteiger partial charge in [-0.1, -0.05) is 0 Å². The van der Waals surface area contributed by atoms with Crippen LogP contribution in [0, 0.1) is 12.7 Å². The zero-order valence-corrected chi connectivity index (χ0v) is 9.37. The van der Waals surface area contributed by atoms with Gasteiger partial charge in [0, 0.05) is 23.6 Å². The average Bonchev–Trinajstić information content (AvgIpc) is 2.51. The second-order valence-electron chi connectivity index (χ2n) is 4.02. The van der Waals surface area contributed by atoms with Crippen LogP contribution >= 0.6 is 0 Å². The fourth-order valence-electron chi connectivity index (χ4n) is 2.23. The zero-order valence-electron chi connectivity index (χ0n) is 9.37. The highest BCUT2D eigenvalue weighted by Crippen LogP contribution is 2.28. The van der Waals surface area contributed by atoms with Crippen LogP contribution < -0.4 is 5.73 Å². The van der Waals surface area contributed by atoms with Crippen molar-refractivity contribution in [1.29, 1.82) is 0 Å². The summed E-state index contributed by atoms with van der Waals surface area (Å²) in [5.74, 6) is -0.259. The number of aromatic nitrogens is 1. The van der Waals surface area contributed by atoms with E-state index < -0.39 is 6.04 Å². The average molecular weight is 222 g/mol. The number of rotatable bonds is 2. The molecule has 0 fully saturated rings. The number of halogens is 1. The second kappa shape index (κ2) is 3.88. The molecule has 3 N–H and O–H groups in total. The van der Waals surface area contributed by atoms with Crippen molar-refractivity contribution in [1.82, 2.24) is 4.57 Å².